The molecule has 1 N–H and O–H groups in total. The maximum Gasteiger partial charge on any atom is 0.268 e. The maximum absolute atomic E-state index is 13.5. The van der Waals surface area contributed by atoms with Gasteiger partial charge in [0.25, 0.3) is 5.91 Å². The molecule has 0 unspecified atom stereocenters. The number of halogens is 3. The Labute approximate surface area is 149 Å². The van der Waals surface area contributed by atoms with E-state index < -0.39 is 35.2 Å². The highest BCUT2D eigenvalue weighted by Gasteiger charge is 2.19. The van der Waals surface area contributed by atoms with E-state index in [1.54, 1.807) is 0 Å². The molecule has 0 bridgehead atoms. The predicted molar refractivity (Wildman–Crippen MR) is 93.6 cm³/mol. The first-order chi connectivity index (χ1) is 12.3. The molecule has 2 rings (SSSR count). The zero-order valence-corrected chi connectivity index (χ0v) is 14.6. The quantitative estimate of drug-likeness (QED) is 0.462. The number of hydrogen-bond acceptors (Lipinski definition) is 3. The molecular formula is C19H19F3N2O2. The lowest BCUT2D eigenvalue weighted by Crippen LogP contribution is -2.27. The minimum absolute atomic E-state index is 0.414. The Morgan fingerprint density at radius 2 is 1.69 bits per heavy atom. The average Bonchev–Trinajstić information content (AvgIpc) is 2.62. The van der Waals surface area contributed by atoms with Crippen LogP contribution in [-0.4, -0.2) is 18.2 Å². The number of benzene rings is 2. The van der Waals surface area contributed by atoms with E-state index in [0.29, 0.717) is 5.92 Å². The molecule has 0 spiro atoms. The second-order valence-corrected chi connectivity index (χ2v) is 6.02. The summed E-state index contributed by atoms with van der Waals surface area (Å²) in [5.74, 6) is -4.80. The van der Waals surface area contributed by atoms with Crippen LogP contribution in [0, 0.1) is 17.5 Å². The highest BCUT2D eigenvalue weighted by Crippen LogP contribution is 2.20. The number of rotatable bonds is 6. The predicted octanol–water partition coefficient (Wildman–Crippen LogP) is 4.61. The first-order valence-electron chi connectivity index (χ1n) is 8.03. The summed E-state index contributed by atoms with van der Waals surface area (Å²) in [6, 6.07) is 9.31. The molecule has 2 aromatic carbocycles. The summed E-state index contributed by atoms with van der Waals surface area (Å²) in [5.41, 5.74) is 1.50. The van der Waals surface area contributed by atoms with Crippen LogP contribution in [0.2, 0.25) is 0 Å². The summed E-state index contributed by atoms with van der Waals surface area (Å²) < 4.78 is 39.6. The normalized spacial score (nSPS) is 12.4. The zero-order chi connectivity index (χ0) is 19.3. The third-order valence-electron chi connectivity index (χ3n) is 3.69. The minimum Gasteiger partial charge on any atom is -0.383 e. The molecule has 0 heterocycles. The molecule has 0 aliphatic carbocycles. The fourth-order valence-electron chi connectivity index (χ4n) is 2.05. The van der Waals surface area contributed by atoms with E-state index >= 15 is 0 Å². The summed E-state index contributed by atoms with van der Waals surface area (Å²) in [4.78, 5) is 16.9. The second-order valence-electron chi connectivity index (χ2n) is 6.02. The fourth-order valence-corrected chi connectivity index (χ4v) is 2.05. The first-order valence-corrected chi connectivity index (χ1v) is 8.03. The topological polar surface area (TPSA) is 50.7 Å². The van der Waals surface area contributed by atoms with Crippen molar-refractivity contribution in [1.29, 1.82) is 0 Å². The van der Waals surface area contributed by atoms with Crippen LogP contribution in [0.25, 0.3) is 0 Å². The van der Waals surface area contributed by atoms with Crippen LogP contribution in [-0.2, 0) is 9.63 Å². The Bertz CT molecular complexity index is 805. The standard InChI is InChI=1S/C19H19F3N2O2/c1-11(2)14-6-4-13(5-7-14)10-23-26-12(3)19(25)24-16-9-8-15(20)17(21)18(16)22/h4-12H,1-3H3,(H,24,25)/b23-10-/t12-/m1/s1. The third kappa shape index (κ3) is 4.84. The van der Waals surface area contributed by atoms with Crippen LogP contribution in [0.1, 0.15) is 37.8 Å². The number of anilines is 1. The molecule has 0 aliphatic rings. The van der Waals surface area contributed by atoms with Gasteiger partial charge < -0.3 is 10.2 Å². The van der Waals surface area contributed by atoms with E-state index in [1.807, 2.05) is 24.3 Å². The fraction of sp³-hybridized carbons (Fsp3) is 0.263. The van der Waals surface area contributed by atoms with Crippen LogP contribution in [0.15, 0.2) is 41.6 Å². The van der Waals surface area contributed by atoms with Crippen LogP contribution in [0.5, 0.6) is 0 Å². The SMILES string of the molecule is CC(C)c1ccc(/C=N\O[C@H](C)C(=O)Nc2ccc(F)c(F)c2F)cc1. The Balaban J connectivity index is 1.93. The molecule has 1 amide bonds. The summed E-state index contributed by atoms with van der Waals surface area (Å²) in [5, 5.41) is 5.85. The van der Waals surface area contributed by atoms with Crippen molar-refractivity contribution >= 4 is 17.8 Å². The monoisotopic (exact) mass is 364 g/mol. The van der Waals surface area contributed by atoms with Crippen molar-refractivity contribution in [2.75, 3.05) is 5.32 Å². The van der Waals surface area contributed by atoms with Crippen molar-refractivity contribution in [3.8, 4) is 0 Å². The molecule has 4 nitrogen and oxygen atoms in total. The number of nitrogens with zero attached hydrogens (tertiary/aromatic N) is 1. The number of hydrogen-bond donors (Lipinski definition) is 1. The van der Waals surface area contributed by atoms with E-state index in [2.05, 4.69) is 24.3 Å². The van der Waals surface area contributed by atoms with Gasteiger partial charge in [-0.2, -0.15) is 0 Å². The molecular weight excluding hydrogens is 345 g/mol. The maximum atomic E-state index is 13.5. The van der Waals surface area contributed by atoms with E-state index in [-0.39, 0.29) is 0 Å². The summed E-state index contributed by atoms with van der Waals surface area (Å²) in [7, 11) is 0. The number of carbonyl (C=O) groups excluding carboxylic acids is 1. The minimum atomic E-state index is -1.65. The molecule has 1 atom stereocenters. The number of nitrogens with one attached hydrogen (secondary N) is 1. The van der Waals surface area contributed by atoms with E-state index in [4.69, 9.17) is 4.84 Å². The van der Waals surface area contributed by atoms with Gasteiger partial charge in [-0.1, -0.05) is 43.3 Å². The van der Waals surface area contributed by atoms with Gasteiger partial charge in [-0.3, -0.25) is 4.79 Å². The Hall–Kier alpha value is -2.83. The lowest BCUT2D eigenvalue weighted by atomic mass is 10.0. The highest BCUT2D eigenvalue weighted by atomic mass is 19.2. The van der Waals surface area contributed by atoms with Gasteiger partial charge in [0, 0.05) is 0 Å². The third-order valence-corrected chi connectivity index (χ3v) is 3.69. The van der Waals surface area contributed by atoms with E-state index in [9.17, 15) is 18.0 Å². The molecule has 138 valence electrons. The molecule has 2 aromatic rings. The first kappa shape index (κ1) is 19.5. The molecule has 0 fully saturated rings. The molecule has 0 saturated carbocycles. The van der Waals surface area contributed by atoms with Crippen molar-refractivity contribution in [2.24, 2.45) is 5.16 Å². The highest BCUT2D eigenvalue weighted by molar-refractivity contribution is 5.94. The van der Waals surface area contributed by atoms with Crippen LogP contribution >= 0.6 is 0 Å². The van der Waals surface area contributed by atoms with Gasteiger partial charge in [0.15, 0.2) is 17.5 Å². The molecule has 7 heteroatoms. The number of amides is 1. The Kier molecular flexibility index (Phi) is 6.38. The van der Waals surface area contributed by atoms with Crippen molar-refractivity contribution in [3.63, 3.8) is 0 Å². The number of carbonyl (C=O) groups is 1. The number of oxime groups is 1. The van der Waals surface area contributed by atoms with Crippen LogP contribution in [0.4, 0.5) is 18.9 Å². The van der Waals surface area contributed by atoms with Gasteiger partial charge in [-0.25, -0.2) is 13.2 Å². The van der Waals surface area contributed by atoms with E-state index in [0.717, 1.165) is 17.7 Å². The molecule has 0 aliphatic heterocycles. The van der Waals surface area contributed by atoms with E-state index in [1.165, 1.54) is 18.7 Å². The van der Waals surface area contributed by atoms with Gasteiger partial charge in [0.1, 0.15) is 0 Å². The summed E-state index contributed by atoms with van der Waals surface area (Å²) >= 11 is 0. The van der Waals surface area contributed by atoms with Gasteiger partial charge in [-0.15, -0.1) is 0 Å². The molecule has 0 aromatic heterocycles. The summed E-state index contributed by atoms with van der Waals surface area (Å²) in [6.07, 6.45) is 0.375. The smallest absolute Gasteiger partial charge is 0.268 e. The summed E-state index contributed by atoms with van der Waals surface area (Å²) in [6.45, 7) is 5.57. The Morgan fingerprint density at radius 1 is 1.04 bits per heavy atom. The lowest BCUT2D eigenvalue weighted by molar-refractivity contribution is -0.126. The van der Waals surface area contributed by atoms with Crippen molar-refractivity contribution < 1.29 is 22.8 Å². The van der Waals surface area contributed by atoms with Crippen molar-refractivity contribution in [1.82, 2.24) is 0 Å². The second kappa shape index (κ2) is 8.51. The van der Waals surface area contributed by atoms with Gasteiger partial charge in [-0.05, 0) is 36.1 Å². The average molecular weight is 364 g/mol. The Morgan fingerprint density at radius 3 is 2.31 bits per heavy atom. The van der Waals surface area contributed by atoms with Crippen molar-refractivity contribution in [2.45, 2.75) is 32.8 Å². The van der Waals surface area contributed by atoms with Crippen molar-refractivity contribution in [3.05, 3.63) is 65.0 Å². The van der Waals surface area contributed by atoms with Crippen LogP contribution in [0.3, 0.4) is 0 Å². The molecule has 0 saturated heterocycles. The van der Waals surface area contributed by atoms with Gasteiger partial charge in [0.2, 0.25) is 6.10 Å². The lowest BCUT2D eigenvalue weighted by Gasteiger charge is -2.11. The molecule has 0 radical (unpaired) electrons. The van der Waals surface area contributed by atoms with Gasteiger partial charge in [0.05, 0.1) is 11.9 Å². The van der Waals surface area contributed by atoms with Crippen LogP contribution < -0.4 is 5.32 Å². The zero-order valence-electron chi connectivity index (χ0n) is 14.6. The molecule has 26 heavy (non-hydrogen) atoms. The van der Waals surface area contributed by atoms with Gasteiger partial charge >= 0.3 is 0 Å². The largest absolute Gasteiger partial charge is 0.383 e.